The zero-order valence-corrected chi connectivity index (χ0v) is 24.0. The lowest BCUT2D eigenvalue weighted by molar-refractivity contribution is 0.767. The molecule has 0 aliphatic carbocycles. The minimum absolute atomic E-state index is 0.602. The van der Waals surface area contributed by atoms with Crippen LogP contribution in [0.5, 0.6) is 0 Å². The molecule has 4 rings (SSSR count). The van der Waals surface area contributed by atoms with E-state index in [4.69, 9.17) is 0 Å². The molecule has 2 aromatic heterocycles. The topological polar surface area (TPSA) is 81.7 Å². The molecule has 198 valence electrons. The number of benzene rings is 2. The highest BCUT2D eigenvalue weighted by atomic mass is 32.1. The maximum absolute atomic E-state index is 4.40. The van der Waals surface area contributed by atoms with Gasteiger partial charge in [0.1, 0.15) is 0 Å². The molecule has 2 aromatic carbocycles. The fourth-order valence-electron chi connectivity index (χ4n) is 3.65. The monoisotopic (exact) mass is 546 g/mol. The summed E-state index contributed by atoms with van der Waals surface area (Å²) < 4.78 is 0. The maximum Gasteiger partial charge on any atom is 0.230 e. The van der Waals surface area contributed by atoms with Crippen LogP contribution in [0.3, 0.4) is 0 Å². The summed E-state index contributed by atoms with van der Waals surface area (Å²) in [6.45, 7) is 6.50. The van der Waals surface area contributed by atoms with Crippen LogP contribution in [0.25, 0.3) is 9.75 Å². The normalized spacial score (nSPS) is 11.6. The fourth-order valence-corrected chi connectivity index (χ4v) is 5.18. The first-order valence-electron chi connectivity index (χ1n) is 12.9. The van der Waals surface area contributed by atoms with Crippen LogP contribution in [0.15, 0.2) is 81.4 Å². The Labute approximate surface area is 232 Å². The summed E-state index contributed by atoms with van der Waals surface area (Å²) in [7, 11) is 4.22. The van der Waals surface area contributed by atoms with Gasteiger partial charge in [-0.1, -0.05) is 49.4 Å². The number of unbranched alkanes of at least 4 members (excludes halogenated alkanes) is 2. The van der Waals surface area contributed by atoms with Gasteiger partial charge in [0.25, 0.3) is 0 Å². The van der Waals surface area contributed by atoms with E-state index < -0.39 is 0 Å². The maximum atomic E-state index is 4.40. The molecule has 0 bridgehead atoms. The molecule has 0 N–H and O–H groups in total. The van der Waals surface area contributed by atoms with Crippen molar-refractivity contribution < 1.29 is 0 Å². The van der Waals surface area contributed by atoms with Crippen LogP contribution in [0.1, 0.15) is 39.5 Å². The molecule has 0 saturated heterocycles. The minimum atomic E-state index is 0.602. The highest BCUT2D eigenvalue weighted by Crippen LogP contribution is 2.37. The summed E-state index contributed by atoms with van der Waals surface area (Å²) in [6.07, 6.45) is 8.33. The van der Waals surface area contributed by atoms with Gasteiger partial charge in [0, 0.05) is 51.0 Å². The first-order chi connectivity index (χ1) is 18.6. The third-order valence-corrected chi connectivity index (χ3v) is 7.97. The first-order valence-corrected chi connectivity index (χ1v) is 14.6. The number of hydrogen-bond acceptors (Lipinski definition) is 10. The van der Waals surface area contributed by atoms with Gasteiger partial charge >= 0.3 is 0 Å². The number of nitrogens with zero attached hydrogens (tertiary/aromatic N) is 8. The second-order valence-corrected chi connectivity index (χ2v) is 11.0. The number of azo groups is 2. The molecule has 0 saturated carbocycles. The van der Waals surface area contributed by atoms with Gasteiger partial charge in [-0.25, -0.2) is 9.97 Å². The Hall–Kier alpha value is -3.50. The molecule has 10 heteroatoms. The molecular formula is C28H34N8S2. The van der Waals surface area contributed by atoms with E-state index in [2.05, 4.69) is 92.4 Å². The summed E-state index contributed by atoms with van der Waals surface area (Å²) in [4.78, 5) is 15.3. The third-order valence-electron chi connectivity index (χ3n) is 6.01. The Kier molecular flexibility index (Phi) is 10.1. The predicted molar refractivity (Wildman–Crippen MR) is 161 cm³/mol. The molecule has 2 heterocycles. The van der Waals surface area contributed by atoms with Crippen LogP contribution in [0.4, 0.5) is 33.0 Å². The van der Waals surface area contributed by atoms with E-state index in [1.807, 2.05) is 24.3 Å². The highest BCUT2D eigenvalue weighted by molar-refractivity contribution is 7.25. The molecule has 38 heavy (non-hydrogen) atoms. The van der Waals surface area contributed by atoms with Crippen LogP contribution in [-0.2, 0) is 0 Å². The van der Waals surface area contributed by atoms with Gasteiger partial charge in [-0.15, -0.1) is 20.5 Å². The molecule has 0 radical (unpaired) electrons. The van der Waals surface area contributed by atoms with Gasteiger partial charge in [-0.3, -0.25) is 0 Å². The number of hydrogen-bond donors (Lipinski definition) is 0. The Bertz CT molecular complexity index is 1220. The zero-order valence-electron chi connectivity index (χ0n) is 22.4. The van der Waals surface area contributed by atoms with Crippen LogP contribution in [0.2, 0.25) is 0 Å². The minimum Gasteiger partial charge on any atom is -0.375 e. The zero-order chi connectivity index (χ0) is 26.7. The SMILES string of the molecule is CCCCN(C)c1ccc(/N=N/c2ncc(-c3cnc(/N=N/c4ccc(N(C)CCCC)cc4)s3)s2)cc1. The van der Waals surface area contributed by atoms with Gasteiger partial charge in [0.2, 0.25) is 10.3 Å². The number of aromatic nitrogens is 2. The second kappa shape index (κ2) is 13.9. The van der Waals surface area contributed by atoms with Crippen LogP contribution < -0.4 is 9.80 Å². The second-order valence-electron chi connectivity index (χ2n) is 9.00. The lowest BCUT2D eigenvalue weighted by atomic mass is 10.2. The number of thiazole rings is 2. The van der Waals surface area contributed by atoms with Crippen molar-refractivity contribution in [1.82, 2.24) is 9.97 Å². The van der Waals surface area contributed by atoms with Crippen molar-refractivity contribution in [3.05, 3.63) is 60.9 Å². The molecule has 0 spiro atoms. The van der Waals surface area contributed by atoms with Crippen molar-refractivity contribution in [2.45, 2.75) is 39.5 Å². The van der Waals surface area contributed by atoms with Gasteiger partial charge in [0.15, 0.2) is 0 Å². The molecule has 0 fully saturated rings. The van der Waals surface area contributed by atoms with E-state index in [1.54, 1.807) is 12.4 Å². The molecule has 8 nitrogen and oxygen atoms in total. The predicted octanol–water partition coefficient (Wildman–Crippen LogP) is 9.57. The molecule has 0 aliphatic rings. The third kappa shape index (κ3) is 7.75. The van der Waals surface area contributed by atoms with Crippen molar-refractivity contribution in [3.8, 4) is 9.75 Å². The summed E-state index contributed by atoms with van der Waals surface area (Å²) in [5, 5.41) is 18.6. The molecule has 0 unspecified atom stereocenters. The number of anilines is 2. The lowest BCUT2D eigenvalue weighted by Crippen LogP contribution is -2.17. The van der Waals surface area contributed by atoms with E-state index in [0.717, 1.165) is 34.2 Å². The summed E-state index contributed by atoms with van der Waals surface area (Å²) >= 11 is 2.95. The van der Waals surface area contributed by atoms with E-state index in [9.17, 15) is 0 Å². The van der Waals surface area contributed by atoms with Gasteiger partial charge < -0.3 is 9.80 Å². The van der Waals surface area contributed by atoms with E-state index in [0.29, 0.717) is 10.3 Å². The summed E-state index contributed by atoms with van der Waals surface area (Å²) in [5.41, 5.74) is 3.96. The smallest absolute Gasteiger partial charge is 0.230 e. The van der Waals surface area contributed by atoms with Gasteiger partial charge in [-0.05, 0) is 61.4 Å². The van der Waals surface area contributed by atoms with Crippen molar-refractivity contribution in [1.29, 1.82) is 0 Å². The van der Waals surface area contributed by atoms with Crippen LogP contribution >= 0.6 is 22.7 Å². The van der Waals surface area contributed by atoms with Gasteiger partial charge in [0.05, 0.1) is 21.1 Å². The van der Waals surface area contributed by atoms with E-state index >= 15 is 0 Å². The molecule has 0 aliphatic heterocycles. The summed E-state index contributed by atoms with van der Waals surface area (Å²) in [6, 6.07) is 16.2. The molecule has 0 atom stereocenters. The Morgan fingerprint density at radius 1 is 0.605 bits per heavy atom. The summed E-state index contributed by atoms with van der Waals surface area (Å²) in [5.74, 6) is 0. The first kappa shape index (κ1) is 27.5. The van der Waals surface area contributed by atoms with Crippen molar-refractivity contribution in [3.63, 3.8) is 0 Å². The molecule has 4 aromatic rings. The average molecular weight is 547 g/mol. The van der Waals surface area contributed by atoms with Gasteiger partial charge in [-0.2, -0.15) is 0 Å². The highest BCUT2D eigenvalue weighted by Gasteiger charge is 2.09. The van der Waals surface area contributed by atoms with E-state index in [-0.39, 0.29) is 0 Å². The standard InChI is InChI=1S/C28H34N8S2/c1-5-7-17-35(3)23-13-9-21(10-14-23)31-33-27-29-19-25(37-27)26-20-30-28(38-26)34-32-22-11-15-24(16-12-22)36(4)18-8-6-2/h9-16,19-20H,5-8,17-18H2,1-4H3/b33-31+,34-32+. The molecule has 0 amide bonds. The van der Waals surface area contributed by atoms with Crippen molar-refractivity contribution in [2.24, 2.45) is 20.5 Å². The van der Waals surface area contributed by atoms with Crippen molar-refractivity contribution >= 4 is 55.7 Å². The largest absolute Gasteiger partial charge is 0.375 e. The lowest BCUT2D eigenvalue weighted by Gasteiger charge is -2.18. The van der Waals surface area contributed by atoms with Crippen molar-refractivity contribution in [2.75, 3.05) is 37.0 Å². The van der Waals surface area contributed by atoms with Crippen LogP contribution in [-0.4, -0.2) is 37.2 Å². The fraction of sp³-hybridized carbons (Fsp3) is 0.357. The van der Waals surface area contributed by atoms with Crippen LogP contribution in [0, 0.1) is 0 Å². The Morgan fingerprint density at radius 3 is 1.37 bits per heavy atom. The average Bonchev–Trinajstić information content (AvgIpc) is 3.63. The Balaban J connectivity index is 1.34. The molecular weight excluding hydrogens is 512 g/mol. The Morgan fingerprint density at radius 2 is 1.00 bits per heavy atom. The quantitative estimate of drug-likeness (QED) is 0.156. The van der Waals surface area contributed by atoms with E-state index in [1.165, 1.54) is 59.7 Å². The number of rotatable bonds is 13.